The van der Waals surface area contributed by atoms with Crippen LogP contribution in [0.5, 0.6) is 11.5 Å². The maximum absolute atomic E-state index is 5.95. The fraction of sp³-hybridized carbons (Fsp3) is 0.294. The molecular weight excluding hydrogens is 280 g/mol. The third-order valence-corrected chi connectivity index (χ3v) is 4.72. The molecule has 108 valence electrons. The summed E-state index contributed by atoms with van der Waals surface area (Å²) in [5.74, 6) is 1.78. The number of hydrogen-bond acceptors (Lipinski definition) is 4. The molecule has 21 heavy (non-hydrogen) atoms. The highest BCUT2D eigenvalue weighted by Crippen LogP contribution is 2.41. The highest BCUT2D eigenvalue weighted by atomic mass is 32.2. The minimum Gasteiger partial charge on any atom is -0.457 e. The van der Waals surface area contributed by atoms with Crippen LogP contribution in [0.3, 0.4) is 0 Å². The van der Waals surface area contributed by atoms with Gasteiger partial charge in [0, 0.05) is 10.9 Å². The molecule has 0 unspecified atom stereocenters. The van der Waals surface area contributed by atoms with Crippen molar-refractivity contribution in [3.63, 3.8) is 0 Å². The maximum atomic E-state index is 5.95. The Labute approximate surface area is 129 Å². The van der Waals surface area contributed by atoms with Crippen molar-refractivity contribution >= 4 is 17.6 Å². The molecule has 1 saturated carbocycles. The number of ether oxygens (including phenoxy) is 1. The Hall–Kier alpha value is -1.65. The lowest BCUT2D eigenvalue weighted by molar-refractivity contribution is 0.481. The van der Waals surface area contributed by atoms with Gasteiger partial charge in [0.15, 0.2) is 0 Å². The molecule has 3 nitrogen and oxygen atoms in total. The summed E-state index contributed by atoms with van der Waals surface area (Å²) in [7, 11) is 0. The standard InChI is InChI=1S/C17H18N2OS/c1-12-2-6-14(7-3-12)20-15-8-9-16-17(10-15)21-18-11-19(16)13-4-5-13/h2-3,6-10,13,18H,4-5,11H2,1H3. The largest absolute Gasteiger partial charge is 0.457 e. The Morgan fingerprint density at radius 1 is 1.10 bits per heavy atom. The zero-order chi connectivity index (χ0) is 14.2. The predicted molar refractivity (Wildman–Crippen MR) is 87.1 cm³/mol. The molecule has 0 aromatic heterocycles. The maximum Gasteiger partial charge on any atom is 0.128 e. The fourth-order valence-corrected chi connectivity index (χ4v) is 3.42. The van der Waals surface area contributed by atoms with Crippen LogP contribution in [0.2, 0.25) is 0 Å². The van der Waals surface area contributed by atoms with Crippen molar-refractivity contribution in [3.8, 4) is 11.5 Å². The van der Waals surface area contributed by atoms with E-state index >= 15 is 0 Å². The monoisotopic (exact) mass is 298 g/mol. The van der Waals surface area contributed by atoms with Crippen LogP contribution in [-0.2, 0) is 0 Å². The van der Waals surface area contributed by atoms with E-state index in [0.717, 1.165) is 24.2 Å². The van der Waals surface area contributed by atoms with Crippen molar-refractivity contribution < 1.29 is 4.74 Å². The van der Waals surface area contributed by atoms with Crippen molar-refractivity contribution in [2.45, 2.75) is 30.7 Å². The molecule has 4 heteroatoms. The third-order valence-electron chi connectivity index (χ3n) is 3.90. The van der Waals surface area contributed by atoms with Gasteiger partial charge in [0.25, 0.3) is 0 Å². The number of nitrogens with one attached hydrogen (secondary N) is 1. The van der Waals surface area contributed by atoms with E-state index in [1.165, 1.54) is 29.0 Å². The Bertz CT molecular complexity index is 652. The second-order valence-corrected chi connectivity index (χ2v) is 6.58. The van der Waals surface area contributed by atoms with Gasteiger partial charge in [-0.25, -0.2) is 4.72 Å². The predicted octanol–water partition coefficient (Wildman–Crippen LogP) is 4.32. The Kier molecular flexibility index (Phi) is 3.28. The van der Waals surface area contributed by atoms with Gasteiger partial charge in [0.1, 0.15) is 11.5 Å². The summed E-state index contributed by atoms with van der Waals surface area (Å²) in [6.45, 7) is 3.01. The van der Waals surface area contributed by atoms with Gasteiger partial charge in [-0.2, -0.15) is 0 Å². The average Bonchev–Trinajstić information content (AvgIpc) is 3.33. The average molecular weight is 298 g/mol. The van der Waals surface area contributed by atoms with Crippen LogP contribution in [0, 0.1) is 6.92 Å². The molecule has 1 N–H and O–H groups in total. The van der Waals surface area contributed by atoms with E-state index in [9.17, 15) is 0 Å². The van der Waals surface area contributed by atoms with Gasteiger partial charge < -0.3 is 9.64 Å². The van der Waals surface area contributed by atoms with Gasteiger partial charge in [-0.05, 0) is 62.0 Å². The van der Waals surface area contributed by atoms with Crippen LogP contribution in [-0.4, -0.2) is 12.7 Å². The summed E-state index contributed by atoms with van der Waals surface area (Å²) in [6.07, 6.45) is 2.63. The van der Waals surface area contributed by atoms with Crippen molar-refractivity contribution in [3.05, 3.63) is 48.0 Å². The molecule has 1 aliphatic heterocycles. The molecule has 0 bridgehead atoms. The molecular formula is C17H18N2OS. The van der Waals surface area contributed by atoms with Crippen molar-refractivity contribution in [2.75, 3.05) is 11.6 Å². The lowest BCUT2D eigenvalue weighted by Gasteiger charge is -2.31. The summed E-state index contributed by atoms with van der Waals surface area (Å²) >= 11 is 1.69. The highest BCUT2D eigenvalue weighted by molar-refractivity contribution is 7.97. The zero-order valence-corrected chi connectivity index (χ0v) is 12.8. The van der Waals surface area contributed by atoms with Gasteiger partial charge >= 0.3 is 0 Å². The van der Waals surface area contributed by atoms with Gasteiger partial charge in [-0.15, -0.1) is 0 Å². The van der Waals surface area contributed by atoms with Crippen molar-refractivity contribution in [2.24, 2.45) is 0 Å². The molecule has 2 aliphatic rings. The summed E-state index contributed by atoms with van der Waals surface area (Å²) in [6, 6.07) is 15.3. The number of rotatable bonds is 3. The van der Waals surface area contributed by atoms with E-state index < -0.39 is 0 Å². The fourth-order valence-electron chi connectivity index (χ4n) is 2.60. The van der Waals surface area contributed by atoms with Crippen LogP contribution >= 0.6 is 11.9 Å². The molecule has 2 aromatic carbocycles. The Morgan fingerprint density at radius 2 is 1.86 bits per heavy atom. The number of anilines is 1. The first-order chi connectivity index (χ1) is 10.3. The summed E-state index contributed by atoms with van der Waals surface area (Å²) < 4.78 is 9.35. The quantitative estimate of drug-likeness (QED) is 0.853. The Balaban J connectivity index is 1.58. The van der Waals surface area contributed by atoms with Crippen LogP contribution in [0.1, 0.15) is 18.4 Å². The van der Waals surface area contributed by atoms with E-state index in [2.05, 4.69) is 46.9 Å². The van der Waals surface area contributed by atoms with Crippen molar-refractivity contribution in [1.82, 2.24) is 4.72 Å². The first-order valence-corrected chi connectivity index (χ1v) is 8.16. The van der Waals surface area contributed by atoms with Crippen LogP contribution in [0.4, 0.5) is 5.69 Å². The minimum absolute atomic E-state index is 0.723. The normalized spacial score (nSPS) is 17.5. The van der Waals surface area contributed by atoms with E-state index in [1.54, 1.807) is 11.9 Å². The van der Waals surface area contributed by atoms with Crippen LogP contribution in [0.25, 0.3) is 0 Å². The molecule has 1 heterocycles. The number of hydrogen-bond donors (Lipinski definition) is 1. The third kappa shape index (κ3) is 2.74. The lowest BCUT2D eigenvalue weighted by Crippen LogP contribution is -2.36. The molecule has 0 amide bonds. The Morgan fingerprint density at radius 3 is 2.62 bits per heavy atom. The van der Waals surface area contributed by atoms with Gasteiger partial charge in [0.05, 0.1) is 12.4 Å². The summed E-state index contributed by atoms with van der Waals surface area (Å²) in [5.41, 5.74) is 2.57. The molecule has 0 atom stereocenters. The number of fused-ring (bicyclic) bond motifs is 1. The number of nitrogens with zero attached hydrogens (tertiary/aromatic N) is 1. The number of aryl methyl sites for hydroxylation is 1. The topological polar surface area (TPSA) is 24.5 Å². The molecule has 0 spiro atoms. The van der Waals surface area contributed by atoms with E-state index in [1.807, 2.05) is 12.1 Å². The van der Waals surface area contributed by atoms with Gasteiger partial charge in [-0.3, -0.25) is 0 Å². The second-order valence-electron chi connectivity index (χ2n) is 5.65. The smallest absolute Gasteiger partial charge is 0.128 e. The molecule has 4 rings (SSSR count). The summed E-state index contributed by atoms with van der Waals surface area (Å²) in [4.78, 5) is 3.71. The SMILES string of the molecule is Cc1ccc(Oc2ccc3c(c2)SNCN3C2CC2)cc1. The van der Waals surface area contributed by atoms with E-state index in [-0.39, 0.29) is 0 Å². The second kappa shape index (κ2) is 5.28. The zero-order valence-electron chi connectivity index (χ0n) is 12.0. The van der Waals surface area contributed by atoms with Gasteiger partial charge in [-0.1, -0.05) is 17.7 Å². The van der Waals surface area contributed by atoms with E-state index in [4.69, 9.17) is 4.74 Å². The van der Waals surface area contributed by atoms with E-state index in [0.29, 0.717) is 0 Å². The molecule has 0 saturated heterocycles. The van der Waals surface area contributed by atoms with Crippen LogP contribution < -0.4 is 14.4 Å². The lowest BCUT2D eigenvalue weighted by atomic mass is 10.2. The first-order valence-electron chi connectivity index (χ1n) is 7.34. The van der Waals surface area contributed by atoms with Crippen LogP contribution in [0.15, 0.2) is 47.4 Å². The molecule has 0 radical (unpaired) electrons. The number of benzene rings is 2. The van der Waals surface area contributed by atoms with Gasteiger partial charge in [0.2, 0.25) is 0 Å². The molecule has 2 aromatic rings. The molecule has 1 aliphatic carbocycles. The highest BCUT2D eigenvalue weighted by Gasteiger charge is 2.32. The first kappa shape index (κ1) is 13.0. The summed E-state index contributed by atoms with van der Waals surface area (Å²) in [5, 5.41) is 0. The van der Waals surface area contributed by atoms with Crippen molar-refractivity contribution in [1.29, 1.82) is 0 Å². The minimum atomic E-state index is 0.723. The molecule has 1 fully saturated rings.